The molecule has 2 aromatic rings. The summed E-state index contributed by atoms with van der Waals surface area (Å²) in [5.41, 5.74) is 0.970. The summed E-state index contributed by atoms with van der Waals surface area (Å²) in [4.78, 5) is 0. The quantitative estimate of drug-likeness (QED) is 0.596. The van der Waals surface area contributed by atoms with E-state index in [-0.39, 0.29) is 0 Å². The van der Waals surface area contributed by atoms with Crippen molar-refractivity contribution in [1.82, 2.24) is 20.2 Å². The zero-order chi connectivity index (χ0) is 8.39. The van der Waals surface area contributed by atoms with Gasteiger partial charge in [0.05, 0.1) is 0 Å². The molecule has 4 nitrogen and oxygen atoms in total. The second kappa shape index (κ2) is 3.05. The molecular weight excluding hydrogens is 219 g/mol. The predicted octanol–water partition coefficient (Wildman–Crippen LogP) is -0.812. The number of nitrogens with zero attached hydrogens (tertiary/aromatic N) is 4. The maximum absolute atomic E-state index is 3.83. The first-order chi connectivity index (χ1) is 5.88. The molecule has 5 heteroatoms. The van der Waals surface area contributed by atoms with Crippen molar-refractivity contribution in [2.24, 2.45) is 0 Å². The minimum absolute atomic E-state index is 0.730. The number of hydrogen-bond acceptors (Lipinski definition) is 3. The summed E-state index contributed by atoms with van der Waals surface area (Å²) < 4.78 is 2.40. The van der Waals surface area contributed by atoms with Gasteiger partial charge in [-0.25, -0.2) is 0 Å². The fraction of sp³-hybridized carbons (Fsp3) is 0. The van der Waals surface area contributed by atoms with Crippen molar-refractivity contribution in [3.05, 3.63) is 30.3 Å². The number of benzene rings is 1. The minimum atomic E-state index is 0.730. The molecule has 0 aliphatic heterocycles. The first kappa shape index (κ1) is 7.46. The van der Waals surface area contributed by atoms with E-state index in [2.05, 4.69) is 31.5 Å². The van der Waals surface area contributed by atoms with E-state index < -0.39 is 0 Å². The second-order valence-corrected chi connectivity index (χ2v) is 3.07. The average Bonchev–Trinajstić information content (AvgIpc) is 2.53. The summed E-state index contributed by atoms with van der Waals surface area (Å²) in [5.74, 6) is 0. The van der Waals surface area contributed by atoms with Crippen LogP contribution in [0.5, 0.6) is 0 Å². The Morgan fingerprint density at radius 2 is 1.92 bits per heavy atom. The molecule has 0 aliphatic carbocycles. The molecule has 0 radical (unpaired) electrons. The Bertz CT molecular complexity index is 370. The Labute approximate surface area is 77.4 Å². The topological polar surface area (TPSA) is 43.6 Å². The molecule has 0 unspecified atom stereocenters. The second-order valence-electron chi connectivity index (χ2n) is 2.23. The van der Waals surface area contributed by atoms with Gasteiger partial charge in [-0.15, -0.1) is 0 Å². The van der Waals surface area contributed by atoms with E-state index in [1.165, 1.54) is 0 Å². The predicted molar refractivity (Wildman–Crippen MR) is 45.9 cm³/mol. The summed E-state index contributed by atoms with van der Waals surface area (Å²) >= 11 is 2.32. The molecule has 0 saturated heterocycles. The van der Waals surface area contributed by atoms with Crippen molar-refractivity contribution in [3.63, 3.8) is 0 Å². The van der Waals surface area contributed by atoms with Gasteiger partial charge in [-0.1, -0.05) is 0 Å². The molecule has 0 aliphatic rings. The van der Waals surface area contributed by atoms with Crippen LogP contribution in [-0.4, -0.2) is 36.2 Å². The van der Waals surface area contributed by atoms with Crippen LogP contribution >= 0.6 is 0 Å². The molecule has 0 spiro atoms. The van der Waals surface area contributed by atoms with Crippen LogP contribution in [0.2, 0.25) is 0 Å². The standard InChI is InChI=1S/C7H6N4Se/c12-7-8-9-10-11(7)6-4-2-1-3-5-6/h1-5H,(H,8,10,12). The van der Waals surface area contributed by atoms with Crippen LogP contribution in [0.15, 0.2) is 30.3 Å². The molecule has 60 valence electrons. The van der Waals surface area contributed by atoms with Crippen LogP contribution in [0, 0.1) is 0 Å². The van der Waals surface area contributed by atoms with Crippen LogP contribution in [0.3, 0.4) is 0 Å². The Morgan fingerprint density at radius 1 is 1.17 bits per heavy atom. The third-order valence-electron chi connectivity index (χ3n) is 1.45. The molecule has 0 amide bonds. The van der Waals surface area contributed by atoms with Crippen LogP contribution in [0.1, 0.15) is 0 Å². The molecule has 1 aromatic heterocycles. The third kappa shape index (κ3) is 1.24. The summed E-state index contributed by atoms with van der Waals surface area (Å²) in [7, 11) is 0. The molecule has 1 heterocycles. The van der Waals surface area contributed by atoms with Crippen molar-refractivity contribution in [2.45, 2.75) is 0 Å². The summed E-state index contributed by atoms with van der Waals surface area (Å²) in [5, 5.41) is 11.1. The van der Waals surface area contributed by atoms with E-state index >= 15 is 0 Å². The van der Waals surface area contributed by atoms with E-state index in [0.29, 0.717) is 0 Å². The van der Waals surface area contributed by atoms with Crippen LogP contribution in [0.25, 0.3) is 5.69 Å². The van der Waals surface area contributed by atoms with Crippen molar-refractivity contribution in [3.8, 4) is 5.69 Å². The fourth-order valence-corrected chi connectivity index (χ4v) is 1.33. The van der Waals surface area contributed by atoms with Gasteiger partial charge in [0.1, 0.15) is 0 Å². The van der Waals surface area contributed by atoms with Crippen LogP contribution in [-0.2, 0) is 0 Å². The molecule has 2 rings (SSSR count). The number of para-hydroxylation sites is 1. The molecule has 0 bridgehead atoms. The Hall–Kier alpha value is -1.19. The molecule has 1 aromatic carbocycles. The van der Waals surface area contributed by atoms with Crippen molar-refractivity contribution >= 4 is 20.7 Å². The SMILES string of the molecule is [SeH]c1nnnn1-c1ccccc1. The average molecular weight is 225 g/mol. The summed E-state index contributed by atoms with van der Waals surface area (Å²) in [6, 6.07) is 9.76. The van der Waals surface area contributed by atoms with E-state index in [1.807, 2.05) is 30.3 Å². The van der Waals surface area contributed by atoms with Crippen molar-refractivity contribution in [2.75, 3.05) is 0 Å². The Kier molecular flexibility index (Phi) is 1.89. The fourth-order valence-electron chi connectivity index (χ4n) is 0.919. The van der Waals surface area contributed by atoms with E-state index in [0.717, 1.165) is 10.4 Å². The zero-order valence-electron chi connectivity index (χ0n) is 6.12. The molecule has 0 saturated carbocycles. The number of hydrogen-bond donors (Lipinski definition) is 0. The van der Waals surface area contributed by atoms with E-state index in [1.54, 1.807) is 4.68 Å². The Morgan fingerprint density at radius 3 is 2.50 bits per heavy atom. The molecule has 12 heavy (non-hydrogen) atoms. The number of aromatic nitrogens is 4. The van der Waals surface area contributed by atoms with Gasteiger partial charge < -0.3 is 0 Å². The van der Waals surface area contributed by atoms with Gasteiger partial charge in [0.15, 0.2) is 0 Å². The number of tetrazole rings is 1. The summed E-state index contributed by atoms with van der Waals surface area (Å²) in [6.45, 7) is 0. The van der Waals surface area contributed by atoms with E-state index in [9.17, 15) is 0 Å². The van der Waals surface area contributed by atoms with Crippen LogP contribution < -0.4 is 4.72 Å². The van der Waals surface area contributed by atoms with Gasteiger partial charge in [-0.3, -0.25) is 0 Å². The molecule has 0 fully saturated rings. The molecular formula is C7H6N4Se. The first-order valence-corrected chi connectivity index (χ1v) is 4.34. The van der Waals surface area contributed by atoms with Gasteiger partial charge in [0.25, 0.3) is 0 Å². The maximum atomic E-state index is 3.83. The van der Waals surface area contributed by atoms with Gasteiger partial charge in [0, 0.05) is 0 Å². The third-order valence-corrected chi connectivity index (χ3v) is 2.04. The van der Waals surface area contributed by atoms with Crippen LogP contribution in [0.4, 0.5) is 0 Å². The van der Waals surface area contributed by atoms with Crippen molar-refractivity contribution in [1.29, 1.82) is 0 Å². The van der Waals surface area contributed by atoms with Gasteiger partial charge in [-0.05, 0) is 0 Å². The summed E-state index contributed by atoms with van der Waals surface area (Å²) in [6.07, 6.45) is 0. The normalized spacial score (nSPS) is 10.1. The van der Waals surface area contributed by atoms with Gasteiger partial charge in [0.2, 0.25) is 0 Å². The monoisotopic (exact) mass is 226 g/mol. The molecule has 0 atom stereocenters. The number of rotatable bonds is 1. The van der Waals surface area contributed by atoms with Crippen molar-refractivity contribution < 1.29 is 0 Å². The molecule has 0 N–H and O–H groups in total. The first-order valence-electron chi connectivity index (χ1n) is 3.41. The van der Waals surface area contributed by atoms with Gasteiger partial charge >= 0.3 is 77.0 Å². The van der Waals surface area contributed by atoms with E-state index in [4.69, 9.17) is 0 Å². The Balaban J connectivity index is 2.51. The van der Waals surface area contributed by atoms with Gasteiger partial charge in [-0.2, -0.15) is 0 Å². The zero-order valence-corrected chi connectivity index (χ0v) is 8.00.